The van der Waals surface area contributed by atoms with Gasteiger partial charge in [0.15, 0.2) is 0 Å². The quantitative estimate of drug-likeness (QED) is 0.926. The second kappa shape index (κ2) is 7.42. The number of ether oxygens (including phenoxy) is 1. The number of likely N-dealkylation sites (tertiary alicyclic amines) is 1. The van der Waals surface area contributed by atoms with Crippen LogP contribution in [0.15, 0.2) is 12.1 Å². The predicted molar refractivity (Wildman–Crippen MR) is 86.9 cm³/mol. The summed E-state index contributed by atoms with van der Waals surface area (Å²) in [5.41, 5.74) is 1.76. The Kier molecular flexibility index (Phi) is 5.32. The third kappa shape index (κ3) is 4.20. The van der Waals surface area contributed by atoms with Crippen LogP contribution in [0.4, 0.5) is 0 Å². The lowest BCUT2D eigenvalue weighted by Gasteiger charge is -2.34. The molecule has 4 heteroatoms. The monoisotopic (exact) mass is 304 g/mol. The Balaban J connectivity index is 1.46. The number of hydrogen-bond donors (Lipinski definition) is 1. The van der Waals surface area contributed by atoms with E-state index in [4.69, 9.17) is 4.74 Å². The van der Waals surface area contributed by atoms with Crippen LogP contribution in [-0.2, 0) is 11.3 Å². The van der Waals surface area contributed by atoms with E-state index in [0.29, 0.717) is 18.0 Å². The molecule has 4 nitrogen and oxygen atoms in total. The molecule has 0 unspecified atom stereocenters. The topological polar surface area (TPSA) is 45.6 Å². The molecule has 1 aromatic rings. The molecule has 0 radical (unpaired) electrons. The first kappa shape index (κ1) is 15.8. The molecule has 3 rings (SSSR count). The van der Waals surface area contributed by atoms with Gasteiger partial charge in [-0.1, -0.05) is 19.3 Å². The van der Waals surface area contributed by atoms with Crippen LogP contribution in [0.3, 0.4) is 0 Å². The smallest absolute Gasteiger partial charge is 0.138 e. The van der Waals surface area contributed by atoms with Gasteiger partial charge >= 0.3 is 0 Å². The van der Waals surface area contributed by atoms with Crippen LogP contribution in [0.5, 0.6) is 5.75 Å². The molecule has 0 amide bonds. The van der Waals surface area contributed by atoms with Crippen molar-refractivity contribution < 1.29 is 9.84 Å². The number of nitrogens with zero attached hydrogens (tertiary/aromatic N) is 2. The van der Waals surface area contributed by atoms with Crippen molar-refractivity contribution in [3.05, 3.63) is 23.5 Å². The van der Waals surface area contributed by atoms with Gasteiger partial charge in [-0.15, -0.1) is 0 Å². The first-order valence-electron chi connectivity index (χ1n) is 8.74. The molecule has 1 saturated heterocycles. The molecule has 22 heavy (non-hydrogen) atoms. The van der Waals surface area contributed by atoms with Gasteiger partial charge in [0, 0.05) is 25.3 Å². The molecule has 0 bridgehead atoms. The van der Waals surface area contributed by atoms with Crippen molar-refractivity contribution in [3.8, 4) is 5.75 Å². The molecule has 0 aromatic carbocycles. The van der Waals surface area contributed by atoms with Crippen molar-refractivity contribution in [1.29, 1.82) is 0 Å². The van der Waals surface area contributed by atoms with E-state index in [-0.39, 0.29) is 0 Å². The van der Waals surface area contributed by atoms with Gasteiger partial charge in [-0.3, -0.25) is 9.88 Å². The molecule has 1 aliphatic carbocycles. The lowest BCUT2D eigenvalue weighted by atomic mass is 9.97. The van der Waals surface area contributed by atoms with Crippen LogP contribution in [0.1, 0.15) is 56.3 Å². The van der Waals surface area contributed by atoms with Gasteiger partial charge in [0.05, 0.1) is 17.9 Å². The molecule has 2 aliphatic rings. The van der Waals surface area contributed by atoms with Crippen molar-refractivity contribution in [2.45, 2.75) is 70.6 Å². The first-order chi connectivity index (χ1) is 10.7. The Morgan fingerprint density at radius 3 is 2.50 bits per heavy atom. The van der Waals surface area contributed by atoms with E-state index in [0.717, 1.165) is 43.9 Å². The average molecular weight is 304 g/mol. The maximum absolute atomic E-state index is 9.92. The SMILES string of the molecule is Cc1ccc(O)c(CN2CCC(OC3CCCCC3)CC2)n1. The molecule has 1 N–H and O–H groups in total. The minimum atomic E-state index is 0.311. The van der Waals surface area contributed by atoms with Gasteiger partial charge in [0.2, 0.25) is 0 Å². The predicted octanol–water partition coefficient (Wildman–Crippen LogP) is 3.41. The minimum Gasteiger partial charge on any atom is -0.506 e. The highest BCUT2D eigenvalue weighted by atomic mass is 16.5. The third-order valence-corrected chi connectivity index (χ3v) is 4.93. The van der Waals surface area contributed by atoms with Crippen molar-refractivity contribution in [3.63, 3.8) is 0 Å². The summed E-state index contributed by atoms with van der Waals surface area (Å²) >= 11 is 0. The van der Waals surface area contributed by atoms with Gasteiger partial charge in [0.1, 0.15) is 5.75 Å². The first-order valence-corrected chi connectivity index (χ1v) is 8.74. The second-order valence-electron chi connectivity index (χ2n) is 6.79. The Bertz CT molecular complexity index is 478. The number of pyridine rings is 1. The molecule has 2 heterocycles. The Morgan fingerprint density at radius 1 is 1.09 bits per heavy atom. The van der Waals surface area contributed by atoms with E-state index in [1.807, 2.05) is 13.0 Å². The number of aromatic hydroxyl groups is 1. The van der Waals surface area contributed by atoms with E-state index in [2.05, 4.69) is 9.88 Å². The van der Waals surface area contributed by atoms with Crippen molar-refractivity contribution >= 4 is 0 Å². The third-order valence-electron chi connectivity index (χ3n) is 4.93. The summed E-state index contributed by atoms with van der Waals surface area (Å²) in [7, 11) is 0. The summed E-state index contributed by atoms with van der Waals surface area (Å²) in [6, 6.07) is 3.60. The van der Waals surface area contributed by atoms with Crippen LogP contribution in [-0.4, -0.2) is 40.3 Å². The lowest BCUT2D eigenvalue weighted by Crippen LogP contribution is -2.38. The number of aromatic nitrogens is 1. The van der Waals surface area contributed by atoms with Crippen LogP contribution < -0.4 is 0 Å². The standard InChI is InChI=1S/C18H28N2O2/c1-14-7-8-18(21)17(19-14)13-20-11-9-16(10-12-20)22-15-5-3-2-4-6-15/h7-8,15-16,21H,2-6,9-13H2,1H3. The Morgan fingerprint density at radius 2 is 1.77 bits per heavy atom. The van der Waals surface area contributed by atoms with E-state index in [1.165, 1.54) is 32.1 Å². The molecule has 1 saturated carbocycles. The van der Waals surface area contributed by atoms with Gasteiger partial charge in [0.25, 0.3) is 0 Å². The van der Waals surface area contributed by atoms with Gasteiger partial charge in [-0.2, -0.15) is 0 Å². The number of aryl methyl sites for hydroxylation is 1. The van der Waals surface area contributed by atoms with Crippen LogP contribution >= 0.6 is 0 Å². The van der Waals surface area contributed by atoms with Crippen LogP contribution in [0, 0.1) is 6.92 Å². The van der Waals surface area contributed by atoms with Crippen LogP contribution in [0.25, 0.3) is 0 Å². The summed E-state index contributed by atoms with van der Waals surface area (Å²) in [5, 5.41) is 9.92. The minimum absolute atomic E-state index is 0.311. The molecular formula is C18H28N2O2. The summed E-state index contributed by atoms with van der Waals surface area (Å²) in [5.74, 6) is 0.311. The van der Waals surface area contributed by atoms with E-state index in [9.17, 15) is 5.11 Å². The van der Waals surface area contributed by atoms with Crippen LogP contribution in [0.2, 0.25) is 0 Å². The Labute approximate surface area is 133 Å². The highest BCUT2D eigenvalue weighted by Crippen LogP contribution is 2.25. The summed E-state index contributed by atoms with van der Waals surface area (Å²) in [4.78, 5) is 6.83. The fourth-order valence-corrected chi connectivity index (χ4v) is 3.61. The Hall–Kier alpha value is -1.13. The fourth-order valence-electron chi connectivity index (χ4n) is 3.61. The number of rotatable bonds is 4. The molecule has 0 spiro atoms. The van der Waals surface area contributed by atoms with E-state index >= 15 is 0 Å². The van der Waals surface area contributed by atoms with E-state index in [1.54, 1.807) is 6.07 Å². The maximum Gasteiger partial charge on any atom is 0.138 e. The second-order valence-corrected chi connectivity index (χ2v) is 6.79. The fraction of sp³-hybridized carbons (Fsp3) is 0.722. The van der Waals surface area contributed by atoms with Gasteiger partial charge in [-0.05, 0) is 44.7 Å². The van der Waals surface area contributed by atoms with Crippen molar-refractivity contribution in [2.24, 2.45) is 0 Å². The molecule has 122 valence electrons. The molecule has 0 atom stereocenters. The molecule has 2 fully saturated rings. The summed E-state index contributed by atoms with van der Waals surface area (Å²) in [6.45, 7) is 4.77. The zero-order valence-electron chi connectivity index (χ0n) is 13.6. The molecule has 1 aliphatic heterocycles. The van der Waals surface area contributed by atoms with Crippen molar-refractivity contribution in [2.75, 3.05) is 13.1 Å². The lowest BCUT2D eigenvalue weighted by molar-refractivity contribution is -0.0567. The number of hydrogen-bond acceptors (Lipinski definition) is 4. The maximum atomic E-state index is 9.92. The zero-order valence-corrected chi connectivity index (χ0v) is 13.6. The zero-order chi connectivity index (χ0) is 15.4. The highest BCUT2D eigenvalue weighted by molar-refractivity contribution is 5.27. The van der Waals surface area contributed by atoms with Gasteiger partial charge in [-0.25, -0.2) is 0 Å². The number of piperidine rings is 1. The average Bonchev–Trinajstić information content (AvgIpc) is 2.54. The normalized spacial score (nSPS) is 22.0. The summed E-state index contributed by atoms with van der Waals surface area (Å²) < 4.78 is 6.28. The van der Waals surface area contributed by atoms with Crippen molar-refractivity contribution in [1.82, 2.24) is 9.88 Å². The van der Waals surface area contributed by atoms with E-state index < -0.39 is 0 Å². The largest absolute Gasteiger partial charge is 0.506 e. The highest BCUT2D eigenvalue weighted by Gasteiger charge is 2.24. The van der Waals surface area contributed by atoms with Gasteiger partial charge < -0.3 is 9.84 Å². The molecule has 1 aromatic heterocycles. The molecular weight excluding hydrogens is 276 g/mol. The summed E-state index contributed by atoms with van der Waals surface area (Å²) in [6.07, 6.45) is 9.69.